The van der Waals surface area contributed by atoms with Gasteiger partial charge in [0.2, 0.25) is 5.91 Å². The van der Waals surface area contributed by atoms with Crippen LogP contribution in [0.1, 0.15) is 38.8 Å². The molecular formula is C24H22N4O4S2. The number of nitrogens with one attached hydrogen (secondary N) is 3. The lowest BCUT2D eigenvalue weighted by Crippen LogP contribution is -2.24. The van der Waals surface area contributed by atoms with Crippen molar-refractivity contribution < 1.29 is 14.0 Å². The topological polar surface area (TPSA) is 117 Å². The first-order valence-electron chi connectivity index (χ1n) is 10.9. The van der Waals surface area contributed by atoms with Crippen molar-refractivity contribution in [3.8, 4) is 0 Å². The molecule has 8 nitrogen and oxygen atoms in total. The Hall–Kier alpha value is -3.37. The Kier molecular flexibility index (Phi) is 6.50. The molecule has 4 aromatic rings. The van der Waals surface area contributed by atoms with Gasteiger partial charge in [-0.2, -0.15) is 0 Å². The number of thioether (sulfide) groups is 1. The Balaban J connectivity index is 1.08. The van der Waals surface area contributed by atoms with Crippen LogP contribution in [0.5, 0.6) is 0 Å². The fourth-order valence-electron chi connectivity index (χ4n) is 3.91. The fraction of sp³-hybridized carbons (Fsp3) is 0.250. The highest BCUT2D eigenvalue weighted by Crippen LogP contribution is 2.34. The van der Waals surface area contributed by atoms with E-state index in [-0.39, 0.29) is 28.9 Å². The van der Waals surface area contributed by atoms with Crippen molar-refractivity contribution in [2.24, 2.45) is 0 Å². The van der Waals surface area contributed by atoms with Crippen LogP contribution in [0.25, 0.3) is 10.2 Å². The zero-order valence-corrected chi connectivity index (χ0v) is 19.8. The standard InChI is InChI=1S/C24H22N4O4S2/c29-20(25-11-14-6-8-15(9-7-14)26-22(30)17-4-2-10-32-17)13-33-12-19-27-23(31)21-16-3-1-5-18(16)34-24(21)28-19/h2,4,6-10H,1,3,5,11-13H2,(H,25,29)(H,26,30)(H,27,28,31). The third-order valence-electron chi connectivity index (χ3n) is 5.54. The van der Waals surface area contributed by atoms with Gasteiger partial charge in [-0.25, -0.2) is 4.98 Å². The number of benzene rings is 1. The third kappa shape index (κ3) is 4.92. The number of carbonyl (C=O) groups excluding carboxylic acids is 2. The predicted molar refractivity (Wildman–Crippen MR) is 133 cm³/mol. The summed E-state index contributed by atoms with van der Waals surface area (Å²) in [7, 11) is 0. The van der Waals surface area contributed by atoms with Crippen LogP contribution in [-0.4, -0.2) is 27.5 Å². The molecule has 34 heavy (non-hydrogen) atoms. The molecule has 174 valence electrons. The number of hydrogen-bond donors (Lipinski definition) is 3. The number of anilines is 1. The van der Waals surface area contributed by atoms with E-state index < -0.39 is 0 Å². The monoisotopic (exact) mass is 494 g/mol. The van der Waals surface area contributed by atoms with E-state index in [2.05, 4.69) is 20.6 Å². The molecule has 0 bridgehead atoms. The number of rotatable bonds is 8. The molecule has 0 aliphatic heterocycles. The van der Waals surface area contributed by atoms with Crippen LogP contribution in [0.2, 0.25) is 0 Å². The second-order valence-electron chi connectivity index (χ2n) is 7.95. The molecule has 0 atom stereocenters. The molecule has 3 aromatic heterocycles. The molecule has 5 rings (SSSR count). The summed E-state index contributed by atoms with van der Waals surface area (Å²) < 4.78 is 5.07. The molecule has 2 amide bonds. The van der Waals surface area contributed by atoms with E-state index >= 15 is 0 Å². The number of aryl methyl sites for hydroxylation is 2. The van der Waals surface area contributed by atoms with Crippen LogP contribution >= 0.6 is 23.1 Å². The molecule has 0 spiro atoms. The first-order valence-corrected chi connectivity index (χ1v) is 12.9. The van der Waals surface area contributed by atoms with Gasteiger partial charge in [0, 0.05) is 17.1 Å². The normalized spacial score (nSPS) is 12.6. The molecule has 1 aliphatic rings. The van der Waals surface area contributed by atoms with Crippen molar-refractivity contribution in [2.75, 3.05) is 11.1 Å². The number of carbonyl (C=O) groups is 2. The Morgan fingerprint density at radius 2 is 2.03 bits per heavy atom. The molecular weight excluding hydrogens is 472 g/mol. The summed E-state index contributed by atoms with van der Waals surface area (Å²) in [5.41, 5.74) is 2.64. The largest absolute Gasteiger partial charge is 0.459 e. The summed E-state index contributed by atoms with van der Waals surface area (Å²) in [5.74, 6) is 1.15. The van der Waals surface area contributed by atoms with Gasteiger partial charge in [0.05, 0.1) is 23.2 Å². The first-order chi connectivity index (χ1) is 16.6. The smallest absolute Gasteiger partial charge is 0.291 e. The number of aromatic amines is 1. The van der Waals surface area contributed by atoms with E-state index in [0.717, 1.165) is 35.0 Å². The van der Waals surface area contributed by atoms with Crippen molar-refractivity contribution in [2.45, 2.75) is 31.6 Å². The van der Waals surface area contributed by atoms with Crippen molar-refractivity contribution >= 4 is 50.8 Å². The van der Waals surface area contributed by atoms with Crippen molar-refractivity contribution in [3.05, 3.63) is 80.6 Å². The fourth-order valence-corrected chi connectivity index (χ4v) is 5.91. The molecule has 0 fully saturated rings. The summed E-state index contributed by atoms with van der Waals surface area (Å²) in [6, 6.07) is 10.5. The van der Waals surface area contributed by atoms with Crippen LogP contribution in [0, 0.1) is 0 Å². The van der Waals surface area contributed by atoms with Crippen LogP contribution in [0.3, 0.4) is 0 Å². The second kappa shape index (κ2) is 9.86. The number of aromatic nitrogens is 2. The average Bonchev–Trinajstić information content (AvgIpc) is 3.56. The first kappa shape index (κ1) is 22.4. The lowest BCUT2D eigenvalue weighted by atomic mass is 10.2. The maximum atomic E-state index is 12.5. The van der Waals surface area contributed by atoms with Crippen molar-refractivity contribution in [1.82, 2.24) is 15.3 Å². The number of furan rings is 1. The molecule has 0 saturated heterocycles. The molecule has 0 saturated carbocycles. The lowest BCUT2D eigenvalue weighted by Gasteiger charge is -2.07. The van der Waals surface area contributed by atoms with Gasteiger partial charge in [-0.05, 0) is 54.7 Å². The zero-order valence-electron chi connectivity index (χ0n) is 18.2. The molecule has 3 heterocycles. The van der Waals surface area contributed by atoms with Gasteiger partial charge in [0.1, 0.15) is 10.7 Å². The molecule has 3 N–H and O–H groups in total. The van der Waals surface area contributed by atoms with Gasteiger partial charge >= 0.3 is 0 Å². The molecule has 10 heteroatoms. The van der Waals surface area contributed by atoms with Crippen LogP contribution in [0.4, 0.5) is 5.69 Å². The minimum absolute atomic E-state index is 0.0757. The quantitative estimate of drug-likeness (QED) is 0.342. The Labute approximate surface area is 203 Å². The number of thiophene rings is 1. The van der Waals surface area contributed by atoms with Gasteiger partial charge in [0.25, 0.3) is 11.5 Å². The van der Waals surface area contributed by atoms with E-state index in [1.165, 1.54) is 28.5 Å². The average molecular weight is 495 g/mol. The maximum absolute atomic E-state index is 12.5. The molecule has 0 radical (unpaired) electrons. The van der Waals surface area contributed by atoms with Gasteiger partial charge in [0.15, 0.2) is 5.76 Å². The summed E-state index contributed by atoms with van der Waals surface area (Å²) in [4.78, 5) is 46.3. The SMILES string of the molecule is O=C(CSCc1nc2sc3c(c2c(=O)[nH]1)CCC3)NCc1ccc(NC(=O)c2ccco2)cc1. The summed E-state index contributed by atoms with van der Waals surface area (Å²) in [6.45, 7) is 0.383. The summed E-state index contributed by atoms with van der Waals surface area (Å²) >= 11 is 3.03. The number of hydrogen-bond acceptors (Lipinski definition) is 7. The maximum Gasteiger partial charge on any atom is 0.291 e. The van der Waals surface area contributed by atoms with Gasteiger partial charge in [-0.1, -0.05) is 12.1 Å². The Morgan fingerprint density at radius 1 is 1.18 bits per heavy atom. The molecule has 1 aliphatic carbocycles. The summed E-state index contributed by atoms with van der Waals surface area (Å²) in [6.07, 6.45) is 4.54. The highest BCUT2D eigenvalue weighted by atomic mass is 32.2. The number of H-pyrrole nitrogens is 1. The van der Waals surface area contributed by atoms with E-state index in [4.69, 9.17) is 4.42 Å². The summed E-state index contributed by atoms with van der Waals surface area (Å²) in [5, 5.41) is 6.38. The number of nitrogens with zero attached hydrogens (tertiary/aromatic N) is 1. The van der Waals surface area contributed by atoms with Crippen LogP contribution in [0.15, 0.2) is 51.9 Å². The van der Waals surface area contributed by atoms with Crippen LogP contribution in [-0.2, 0) is 29.9 Å². The highest BCUT2D eigenvalue weighted by Gasteiger charge is 2.21. The number of fused-ring (bicyclic) bond motifs is 3. The Morgan fingerprint density at radius 3 is 2.82 bits per heavy atom. The van der Waals surface area contributed by atoms with Gasteiger partial charge in [-0.3, -0.25) is 14.4 Å². The third-order valence-corrected chi connectivity index (χ3v) is 7.67. The molecule has 0 unspecified atom stereocenters. The Bertz CT molecular complexity index is 1390. The van der Waals surface area contributed by atoms with Gasteiger partial charge < -0.3 is 20.0 Å². The lowest BCUT2D eigenvalue weighted by molar-refractivity contribution is -0.118. The van der Waals surface area contributed by atoms with Crippen LogP contribution < -0.4 is 16.2 Å². The number of amides is 2. The zero-order chi connectivity index (χ0) is 23.5. The predicted octanol–water partition coefficient (Wildman–Crippen LogP) is 3.87. The minimum Gasteiger partial charge on any atom is -0.459 e. The van der Waals surface area contributed by atoms with E-state index in [0.29, 0.717) is 23.8 Å². The van der Waals surface area contributed by atoms with E-state index in [1.54, 1.807) is 35.6 Å². The highest BCUT2D eigenvalue weighted by molar-refractivity contribution is 7.99. The van der Waals surface area contributed by atoms with Gasteiger partial charge in [-0.15, -0.1) is 23.1 Å². The van der Waals surface area contributed by atoms with E-state index in [1.807, 2.05) is 12.1 Å². The van der Waals surface area contributed by atoms with Crippen molar-refractivity contribution in [1.29, 1.82) is 0 Å². The van der Waals surface area contributed by atoms with Crippen molar-refractivity contribution in [3.63, 3.8) is 0 Å². The van der Waals surface area contributed by atoms with E-state index in [9.17, 15) is 14.4 Å². The molecule has 1 aromatic carbocycles. The second-order valence-corrected chi connectivity index (χ2v) is 10.0. The minimum atomic E-state index is -0.318.